The first-order valence-electron chi connectivity index (χ1n) is 31.4. The van der Waals surface area contributed by atoms with Crippen molar-refractivity contribution in [2.24, 2.45) is 0 Å². The van der Waals surface area contributed by atoms with Crippen molar-refractivity contribution >= 4 is 11.9 Å². The smallest absolute Gasteiger partial charge is 0.305 e. The van der Waals surface area contributed by atoms with Gasteiger partial charge in [-0.05, 0) is 44.9 Å². The first kappa shape index (κ1) is 67.6. The highest BCUT2D eigenvalue weighted by Gasteiger charge is 2.20. The number of unbranched alkanes of at least 4 members (excludes halogenated alkanes) is 46. The zero-order valence-corrected chi connectivity index (χ0v) is 46.8. The summed E-state index contributed by atoms with van der Waals surface area (Å²) in [5.74, 6) is -0.0444. The zero-order valence-electron chi connectivity index (χ0n) is 46.8. The number of aliphatic hydroxyl groups is 2. The van der Waals surface area contributed by atoms with Gasteiger partial charge in [0.05, 0.1) is 25.4 Å². The second kappa shape index (κ2) is 59.2. The maximum Gasteiger partial charge on any atom is 0.305 e. The lowest BCUT2D eigenvalue weighted by Gasteiger charge is -2.22. The molecule has 0 rings (SSSR count). The van der Waals surface area contributed by atoms with Crippen LogP contribution in [0.5, 0.6) is 0 Å². The van der Waals surface area contributed by atoms with Gasteiger partial charge in [-0.25, -0.2) is 0 Å². The van der Waals surface area contributed by atoms with E-state index in [2.05, 4.69) is 31.3 Å². The molecule has 0 aliphatic carbocycles. The number of hydrogen-bond donors (Lipinski definition) is 3. The van der Waals surface area contributed by atoms with Crippen LogP contribution in [0.3, 0.4) is 0 Å². The number of carbonyl (C=O) groups excluding carboxylic acids is 2. The number of ether oxygens (including phenoxy) is 1. The lowest BCUT2D eigenvalue weighted by atomic mass is 10.0. The van der Waals surface area contributed by atoms with Crippen LogP contribution in [0.2, 0.25) is 0 Å². The van der Waals surface area contributed by atoms with Gasteiger partial charge in [0.25, 0.3) is 0 Å². The van der Waals surface area contributed by atoms with E-state index in [1.54, 1.807) is 0 Å². The third-order valence-electron chi connectivity index (χ3n) is 14.8. The average Bonchev–Trinajstić information content (AvgIpc) is 3.35. The minimum atomic E-state index is -0.670. The molecule has 0 heterocycles. The highest BCUT2D eigenvalue weighted by atomic mass is 16.5. The molecule has 0 fully saturated rings. The highest BCUT2D eigenvalue weighted by molar-refractivity contribution is 5.76. The first-order valence-corrected chi connectivity index (χ1v) is 31.4. The standard InChI is InChI=1S/C63H123NO5/c1-3-5-7-9-11-13-15-16-17-18-19-20-21-22-23-24-25-26-29-32-36-39-43-47-51-55-61(66)60(59-65)64-62(67)56-52-48-44-40-37-33-30-27-28-31-34-38-42-46-50-54-58-69-63(68)57-53-49-45-41-35-14-12-10-8-6-4-2/h10,12,60-61,65-66H,3-9,11,13-59H2,1-2H3,(H,64,67)/b12-10-. The lowest BCUT2D eigenvalue weighted by molar-refractivity contribution is -0.143. The van der Waals surface area contributed by atoms with Gasteiger partial charge in [-0.3, -0.25) is 9.59 Å². The molecule has 1 amide bonds. The van der Waals surface area contributed by atoms with Crippen molar-refractivity contribution in [1.82, 2.24) is 5.32 Å². The van der Waals surface area contributed by atoms with Crippen molar-refractivity contribution in [3.63, 3.8) is 0 Å². The Hall–Kier alpha value is -1.40. The van der Waals surface area contributed by atoms with E-state index in [0.717, 1.165) is 44.9 Å². The molecule has 6 heteroatoms. The summed E-state index contributed by atoms with van der Waals surface area (Å²) in [6.45, 7) is 4.93. The van der Waals surface area contributed by atoms with E-state index in [9.17, 15) is 19.8 Å². The molecule has 69 heavy (non-hydrogen) atoms. The van der Waals surface area contributed by atoms with Gasteiger partial charge in [-0.2, -0.15) is 0 Å². The largest absolute Gasteiger partial charge is 0.466 e. The summed E-state index contributed by atoms with van der Waals surface area (Å²) >= 11 is 0. The summed E-state index contributed by atoms with van der Waals surface area (Å²) in [4.78, 5) is 24.5. The quantitative estimate of drug-likeness (QED) is 0.0321. The fraction of sp³-hybridized carbons (Fsp3) is 0.937. The van der Waals surface area contributed by atoms with E-state index in [-0.39, 0.29) is 18.5 Å². The monoisotopic (exact) mass is 974 g/mol. The van der Waals surface area contributed by atoms with Crippen LogP contribution in [-0.2, 0) is 14.3 Å². The molecule has 0 aromatic rings. The Kier molecular flexibility index (Phi) is 58.0. The van der Waals surface area contributed by atoms with Crippen molar-refractivity contribution in [3.8, 4) is 0 Å². The molecule has 410 valence electrons. The molecule has 2 unspecified atom stereocenters. The second-order valence-electron chi connectivity index (χ2n) is 21.7. The van der Waals surface area contributed by atoms with Crippen LogP contribution < -0.4 is 5.32 Å². The molecule has 0 aliphatic heterocycles. The topological polar surface area (TPSA) is 95.9 Å². The van der Waals surface area contributed by atoms with Gasteiger partial charge in [0, 0.05) is 12.8 Å². The van der Waals surface area contributed by atoms with Gasteiger partial charge in [0.2, 0.25) is 5.91 Å². The van der Waals surface area contributed by atoms with Crippen LogP contribution in [-0.4, -0.2) is 47.4 Å². The predicted molar refractivity (Wildman–Crippen MR) is 301 cm³/mol. The Morgan fingerprint density at radius 3 is 1.07 bits per heavy atom. The fourth-order valence-electron chi connectivity index (χ4n) is 9.98. The molecular weight excluding hydrogens is 851 g/mol. The Morgan fingerprint density at radius 1 is 0.391 bits per heavy atom. The number of hydrogen-bond acceptors (Lipinski definition) is 5. The van der Waals surface area contributed by atoms with Gasteiger partial charge >= 0.3 is 5.97 Å². The summed E-state index contributed by atoms with van der Waals surface area (Å²) in [7, 11) is 0. The highest BCUT2D eigenvalue weighted by Crippen LogP contribution is 2.18. The van der Waals surface area contributed by atoms with E-state index in [1.165, 1.54) is 276 Å². The van der Waals surface area contributed by atoms with Crippen molar-refractivity contribution in [3.05, 3.63) is 12.2 Å². The normalized spacial score (nSPS) is 12.6. The molecule has 3 N–H and O–H groups in total. The predicted octanol–water partition coefficient (Wildman–Crippen LogP) is 19.6. The number of amides is 1. The Bertz CT molecular complexity index is 1030. The second-order valence-corrected chi connectivity index (χ2v) is 21.7. The molecule has 0 saturated carbocycles. The van der Waals surface area contributed by atoms with Gasteiger partial charge < -0.3 is 20.3 Å². The summed E-state index contributed by atoms with van der Waals surface area (Å²) in [5, 5.41) is 23.4. The summed E-state index contributed by atoms with van der Waals surface area (Å²) in [6, 6.07) is -0.547. The zero-order chi connectivity index (χ0) is 50.0. The minimum Gasteiger partial charge on any atom is -0.466 e. The van der Waals surface area contributed by atoms with E-state index in [0.29, 0.717) is 25.9 Å². The van der Waals surface area contributed by atoms with Crippen LogP contribution in [0.1, 0.15) is 354 Å². The SMILES string of the molecule is CCCC/C=C\CCCCCCCC(=O)OCCCCCCCCCCCCCCCCCCC(=O)NC(CO)C(O)CCCCCCCCCCCCCCCCCCCCCCCCCCC. The van der Waals surface area contributed by atoms with Crippen molar-refractivity contribution in [1.29, 1.82) is 0 Å². The molecule has 0 bridgehead atoms. The van der Waals surface area contributed by atoms with E-state index >= 15 is 0 Å². The molecule has 6 nitrogen and oxygen atoms in total. The number of nitrogens with one attached hydrogen (secondary N) is 1. The van der Waals surface area contributed by atoms with Gasteiger partial charge in [0.15, 0.2) is 0 Å². The van der Waals surface area contributed by atoms with Gasteiger partial charge in [-0.15, -0.1) is 0 Å². The molecule has 0 spiro atoms. The van der Waals surface area contributed by atoms with Crippen molar-refractivity contribution in [2.75, 3.05) is 13.2 Å². The van der Waals surface area contributed by atoms with Gasteiger partial charge in [0.1, 0.15) is 0 Å². The summed E-state index contributed by atoms with van der Waals surface area (Å²) < 4.78 is 5.45. The minimum absolute atomic E-state index is 0.00677. The van der Waals surface area contributed by atoms with Crippen molar-refractivity contribution < 1.29 is 24.5 Å². The molecular formula is C63H123NO5. The third kappa shape index (κ3) is 55.8. The Labute approximate surface area is 431 Å². The number of allylic oxidation sites excluding steroid dienone is 2. The molecule has 0 radical (unpaired) electrons. The molecule has 0 saturated heterocycles. The van der Waals surface area contributed by atoms with Crippen LogP contribution in [0.4, 0.5) is 0 Å². The first-order chi connectivity index (χ1) is 34.0. The maximum absolute atomic E-state index is 12.5. The summed E-state index contributed by atoms with van der Waals surface area (Å²) in [6.07, 6.45) is 70.8. The third-order valence-corrected chi connectivity index (χ3v) is 14.8. The molecule has 0 aromatic heterocycles. The van der Waals surface area contributed by atoms with E-state index < -0.39 is 12.1 Å². The fourth-order valence-corrected chi connectivity index (χ4v) is 9.98. The number of carbonyl (C=O) groups is 2. The molecule has 2 atom stereocenters. The lowest BCUT2D eigenvalue weighted by Crippen LogP contribution is -2.45. The van der Waals surface area contributed by atoms with Crippen LogP contribution in [0, 0.1) is 0 Å². The van der Waals surface area contributed by atoms with E-state index in [4.69, 9.17) is 4.74 Å². The summed E-state index contributed by atoms with van der Waals surface area (Å²) in [5.41, 5.74) is 0. The number of aliphatic hydroxyl groups excluding tert-OH is 2. The van der Waals surface area contributed by atoms with Crippen LogP contribution in [0.25, 0.3) is 0 Å². The Morgan fingerprint density at radius 2 is 0.696 bits per heavy atom. The molecule has 0 aliphatic rings. The van der Waals surface area contributed by atoms with Gasteiger partial charge in [-0.1, -0.05) is 309 Å². The molecule has 0 aromatic carbocycles. The maximum atomic E-state index is 12.5. The number of rotatable bonds is 59. The number of esters is 1. The van der Waals surface area contributed by atoms with Crippen LogP contribution >= 0.6 is 0 Å². The van der Waals surface area contributed by atoms with Crippen LogP contribution in [0.15, 0.2) is 12.2 Å². The Balaban J connectivity index is 3.42. The van der Waals surface area contributed by atoms with Crippen molar-refractivity contribution in [2.45, 2.75) is 366 Å². The van der Waals surface area contributed by atoms with E-state index in [1.807, 2.05) is 0 Å². The average molecular weight is 975 g/mol.